The highest BCUT2D eigenvalue weighted by Crippen LogP contribution is 2.10. The van der Waals surface area contributed by atoms with E-state index in [1.165, 1.54) is 12.5 Å². The largest absolute Gasteiger partial charge is 0.495 e. The molecule has 0 unspecified atom stereocenters. The second kappa shape index (κ2) is 9.32. The van der Waals surface area contributed by atoms with Gasteiger partial charge in [-0.1, -0.05) is 5.16 Å². The number of aliphatic imine (C=N–C) groups is 1. The summed E-state index contributed by atoms with van der Waals surface area (Å²) in [5, 5.41) is 3.55. The highest BCUT2D eigenvalue weighted by Gasteiger charge is 1.94. The maximum absolute atomic E-state index is 5.70. The molecule has 1 aromatic rings. The first-order chi connectivity index (χ1) is 9.76. The zero-order valence-corrected chi connectivity index (χ0v) is 11.6. The Morgan fingerprint density at radius 2 is 2.30 bits per heavy atom. The van der Waals surface area contributed by atoms with Crippen molar-refractivity contribution in [2.24, 2.45) is 15.9 Å². The van der Waals surface area contributed by atoms with Gasteiger partial charge in [-0.25, -0.2) is 0 Å². The molecule has 0 bridgehead atoms. The minimum atomic E-state index is 0.508. The number of ether oxygens (including phenoxy) is 1. The van der Waals surface area contributed by atoms with E-state index in [2.05, 4.69) is 15.1 Å². The number of nitrogens with zero attached hydrogens (tertiary/aromatic N) is 3. The fourth-order valence-corrected chi connectivity index (χ4v) is 1.22. The van der Waals surface area contributed by atoms with Gasteiger partial charge in [0.2, 0.25) is 0 Å². The van der Waals surface area contributed by atoms with E-state index in [0.29, 0.717) is 18.0 Å². The van der Waals surface area contributed by atoms with Crippen LogP contribution in [0.3, 0.4) is 0 Å². The van der Waals surface area contributed by atoms with E-state index in [1.807, 2.05) is 6.07 Å². The lowest BCUT2D eigenvalue weighted by Crippen LogP contribution is -1.93. The number of allylic oxidation sites excluding steroid dienone is 2. The average Bonchev–Trinajstić information content (AvgIpc) is 2.48. The third-order valence-electron chi connectivity index (χ3n) is 2.14. The molecule has 1 aromatic heterocycles. The third kappa shape index (κ3) is 6.34. The molecule has 0 aromatic carbocycles. The second-order valence-corrected chi connectivity index (χ2v) is 3.66. The summed E-state index contributed by atoms with van der Waals surface area (Å²) in [6.07, 6.45) is 11.2. The van der Waals surface area contributed by atoms with Crippen LogP contribution in [0.4, 0.5) is 0 Å². The molecule has 0 aliphatic heterocycles. The fraction of sp³-hybridized carbons (Fsp3) is 0.214. The van der Waals surface area contributed by atoms with E-state index in [4.69, 9.17) is 15.3 Å². The smallest absolute Gasteiger partial charge is 0.137 e. The number of pyridine rings is 1. The molecule has 20 heavy (non-hydrogen) atoms. The summed E-state index contributed by atoms with van der Waals surface area (Å²) < 4.78 is 5.08. The van der Waals surface area contributed by atoms with Crippen LogP contribution in [0.25, 0.3) is 0 Å². The maximum atomic E-state index is 5.70. The highest BCUT2D eigenvalue weighted by molar-refractivity contribution is 5.72. The normalized spacial score (nSPS) is 12.6. The molecule has 0 saturated heterocycles. The predicted molar refractivity (Wildman–Crippen MR) is 79.6 cm³/mol. The Morgan fingerprint density at radius 3 is 3.05 bits per heavy atom. The summed E-state index contributed by atoms with van der Waals surface area (Å²) in [6, 6.07) is 1.88. The molecule has 6 heteroatoms. The third-order valence-corrected chi connectivity index (χ3v) is 2.14. The first-order valence-corrected chi connectivity index (χ1v) is 6.00. The topological polar surface area (TPSA) is 82.1 Å². The van der Waals surface area contributed by atoms with Crippen molar-refractivity contribution in [2.45, 2.75) is 13.5 Å². The second-order valence-electron chi connectivity index (χ2n) is 3.66. The van der Waals surface area contributed by atoms with E-state index in [1.54, 1.807) is 44.8 Å². The zero-order valence-electron chi connectivity index (χ0n) is 11.6. The molecule has 0 aliphatic rings. The fourth-order valence-electron chi connectivity index (χ4n) is 1.22. The molecule has 1 heterocycles. The van der Waals surface area contributed by atoms with Gasteiger partial charge in [0, 0.05) is 24.3 Å². The number of methoxy groups -OCH3 is 1. The van der Waals surface area contributed by atoms with Crippen molar-refractivity contribution < 1.29 is 9.57 Å². The molecular formula is C14H18N4O2. The maximum Gasteiger partial charge on any atom is 0.137 e. The van der Waals surface area contributed by atoms with Crippen LogP contribution in [0, 0.1) is 0 Å². The lowest BCUT2D eigenvalue weighted by Gasteiger charge is -2.00. The summed E-state index contributed by atoms with van der Waals surface area (Å²) in [5.74, 6) is 0.712. The Balaban J connectivity index is 2.45. The van der Waals surface area contributed by atoms with Crippen molar-refractivity contribution in [2.75, 3.05) is 7.11 Å². The van der Waals surface area contributed by atoms with Gasteiger partial charge in [0.1, 0.15) is 12.0 Å². The standard InChI is InChI=1S/C14H18N4O2/c1-3-18-20-7-5-13(15)4-6-16-9-12-8-14(19-2)11-17-10-12/h3-8,10-11H,9,15H2,1-2H3/b7-5+,13-4?,16-6?,18-3+. The first kappa shape index (κ1) is 15.4. The molecule has 106 valence electrons. The Labute approximate surface area is 118 Å². The van der Waals surface area contributed by atoms with Gasteiger partial charge >= 0.3 is 0 Å². The first-order valence-electron chi connectivity index (χ1n) is 6.00. The average molecular weight is 274 g/mol. The molecule has 0 radical (unpaired) electrons. The van der Waals surface area contributed by atoms with Crippen LogP contribution in [0.1, 0.15) is 12.5 Å². The number of hydrogen-bond donors (Lipinski definition) is 1. The van der Waals surface area contributed by atoms with Crippen LogP contribution in [-0.2, 0) is 11.4 Å². The van der Waals surface area contributed by atoms with E-state index in [-0.39, 0.29) is 0 Å². The van der Waals surface area contributed by atoms with Crippen molar-refractivity contribution in [3.8, 4) is 5.75 Å². The van der Waals surface area contributed by atoms with E-state index >= 15 is 0 Å². The molecular weight excluding hydrogens is 256 g/mol. The molecule has 0 aliphatic carbocycles. The molecule has 0 spiro atoms. The number of hydrogen-bond acceptors (Lipinski definition) is 6. The van der Waals surface area contributed by atoms with Gasteiger partial charge in [-0.05, 0) is 30.7 Å². The Hall–Kier alpha value is -2.63. The van der Waals surface area contributed by atoms with E-state index in [9.17, 15) is 0 Å². The molecule has 6 nitrogen and oxygen atoms in total. The number of nitrogens with two attached hydrogens (primary N) is 1. The monoisotopic (exact) mass is 274 g/mol. The molecule has 2 N–H and O–H groups in total. The van der Waals surface area contributed by atoms with Gasteiger partial charge in [-0.2, -0.15) is 0 Å². The van der Waals surface area contributed by atoms with Gasteiger partial charge in [-0.3, -0.25) is 9.98 Å². The summed E-state index contributed by atoms with van der Waals surface area (Å²) in [7, 11) is 1.60. The Bertz CT molecular complexity index is 522. The van der Waals surface area contributed by atoms with E-state index < -0.39 is 0 Å². The molecule has 0 atom stereocenters. The van der Waals surface area contributed by atoms with Crippen LogP contribution < -0.4 is 10.5 Å². The van der Waals surface area contributed by atoms with Crippen LogP contribution in [0.5, 0.6) is 5.75 Å². The Kier molecular flexibility index (Phi) is 7.19. The van der Waals surface area contributed by atoms with Crippen LogP contribution in [-0.4, -0.2) is 24.5 Å². The van der Waals surface area contributed by atoms with Crippen molar-refractivity contribution in [1.82, 2.24) is 4.98 Å². The van der Waals surface area contributed by atoms with Crippen molar-refractivity contribution in [3.63, 3.8) is 0 Å². The number of rotatable bonds is 7. The minimum Gasteiger partial charge on any atom is -0.495 e. The van der Waals surface area contributed by atoms with Crippen molar-refractivity contribution in [1.29, 1.82) is 0 Å². The van der Waals surface area contributed by atoms with E-state index in [0.717, 1.165) is 5.56 Å². The quantitative estimate of drug-likeness (QED) is 0.357. The minimum absolute atomic E-state index is 0.508. The van der Waals surface area contributed by atoms with Crippen LogP contribution in [0.2, 0.25) is 0 Å². The van der Waals surface area contributed by atoms with Gasteiger partial charge < -0.3 is 15.3 Å². The summed E-state index contributed by atoms with van der Waals surface area (Å²) in [4.78, 5) is 13.0. The van der Waals surface area contributed by atoms with Crippen molar-refractivity contribution in [3.05, 3.63) is 48.1 Å². The Morgan fingerprint density at radius 1 is 1.45 bits per heavy atom. The van der Waals surface area contributed by atoms with Gasteiger partial charge in [-0.15, -0.1) is 0 Å². The number of oxime groups is 1. The molecule has 0 amide bonds. The lowest BCUT2D eigenvalue weighted by atomic mass is 10.3. The van der Waals surface area contributed by atoms with Gasteiger partial charge in [0.05, 0.1) is 19.9 Å². The molecule has 1 rings (SSSR count). The summed E-state index contributed by atoms with van der Waals surface area (Å²) in [6.45, 7) is 2.27. The summed E-state index contributed by atoms with van der Waals surface area (Å²) in [5.41, 5.74) is 7.18. The van der Waals surface area contributed by atoms with Gasteiger partial charge in [0.15, 0.2) is 0 Å². The predicted octanol–water partition coefficient (Wildman–Crippen LogP) is 2.04. The highest BCUT2D eigenvalue weighted by atomic mass is 16.6. The van der Waals surface area contributed by atoms with Gasteiger partial charge in [0.25, 0.3) is 0 Å². The van der Waals surface area contributed by atoms with Crippen LogP contribution >= 0.6 is 0 Å². The van der Waals surface area contributed by atoms with Crippen LogP contribution in [0.15, 0.2) is 52.7 Å². The lowest BCUT2D eigenvalue weighted by molar-refractivity contribution is 0.270. The number of aromatic nitrogens is 1. The van der Waals surface area contributed by atoms with Crippen molar-refractivity contribution >= 4 is 12.4 Å². The molecule has 0 fully saturated rings. The SMILES string of the molecule is C/C=N/O/C=C/C(N)=CC=NCc1cncc(OC)c1. The summed E-state index contributed by atoms with van der Waals surface area (Å²) >= 11 is 0. The zero-order chi connectivity index (χ0) is 14.6. The molecule has 0 saturated carbocycles.